The largest absolute Gasteiger partial charge is 0.340 e. The number of amides is 2. The molecule has 29 heavy (non-hydrogen) atoms. The zero-order chi connectivity index (χ0) is 20.6. The summed E-state index contributed by atoms with van der Waals surface area (Å²) in [6.45, 7) is 7.92. The molecule has 1 aliphatic rings. The quantitative estimate of drug-likeness (QED) is 0.678. The average molecular weight is 392 g/mol. The van der Waals surface area contributed by atoms with Gasteiger partial charge in [0.15, 0.2) is 0 Å². The minimum atomic E-state index is -0.248. The summed E-state index contributed by atoms with van der Waals surface area (Å²) in [6, 6.07) is 12.2. The fraction of sp³-hybridized carbons (Fsp3) is 0.375. The van der Waals surface area contributed by atoms with Crippen LogP contribution in [0, 0.1) is 5.92 Å². The first-order valence-corrected chi connectivity index (χ1v) is 10.3. The van der Waals surface area contributed by atoms with Crippen molar-refractivity contribution in [1.82, 2.24) is 14.8 Å². The Bertz CT molecular complexity index is 850. The van der Waals surface area contributed by atoms with Crippen molar-refractivity contribution in [1.29, 1.82) is 0 Å². The van der Waals surface area contributed by atoms with Crippen molar-refractivity contribution >= 4 is 11.8 Å². The normalized spacial score (nSPS) is 17.1. The third kappa shape index (κ3) is 5.31. The highest BCUT2D eigenvalue weighted by Crippen LogP contribution is 2.23. The second kappa shape index (κ2) is 10.0. The number of carbonyl (C=O) groups is 2. The molecule has 0 radical (unpaired) electrons. The molecule has 0 spiro atoms. The number of benzene rings is 1. The number of nitrogens with zero attached hydrogens (tertiary/aromatic N) is 3. The zero-order valence-corrected chi connectivity index (χ0v) is 17.1. The van der Waals surface area contributed by atoms with Gasteiger partial charge >= 0.3 is 0 Å². The van der Waals surface area contributed by atoms with Gasteiger partial charge in [-0.3, -0.25) is 14.6 Å². The van der Waals surface area contributed by atoms with E-state index >= 15 is 0 Å². The van der Waals surface area contributed by atoms with Crippen LogP contribution in [-0.4, -0.2) is 52.8 Å². The molecule has 5 heteroatoms. The molecule has 152 valence electrons. The van der Waals surface area contributed by atoms with Crippen molar-refractivity contribution in [3.63, 3.8) is 0 Å². The first-order valence-electron chi connectivity index (χ1n) is 10.3. The molecular formula is C24H29N3O2. The van der Waals surface area contributed by atoms with Crippen molar-refractivity contribution in [2.75, 3.05) is 26.2 Å². The predicted molar refractivity (Wildman–Crippen MR) is 115 cm³/mol. The molecule has 1 saturated heterocycles. The number of aromatic nitrogens is 1. The van der Waals surface area contributed by atoms with Gasteiger partial charge in [-0.1, -0.05) is 43.3 Å². The molecule has 2 heterocycles. The van der Waals surface area contributed by atoms with Gasteiger partial charge in [-0.15, -0.1) is 6.58 Å². The van der Waals surface area contributed by atoms with Crippen LogP contribution in [0.1, 0.15) is 25.3 Å². The van der Waals surface area contributed by atoms with E-state index in [4.69, 9.17) is 0 Å². The van der Waals surface area contributed by atoms with E-state index in [0.29, 0.717) is 39.0 Å². The molecule has 0 aliphatic carbocycles. The third-order valence-electron chi connectivity index (χ3n) is 5.31. The summed E-state index contributed by atoms with van der Waals surface area (Å²) < 4.78 is 0. The van der Waals surface area contributed by atoms with Gasteiger partial charge in [0, 0.05) is 45.0 Å². The number of pyridine rings is 1. The maximum Gasteiger partial charge on any atom is 0.228 e. The second-order valence-corrected chi connectivity index (χ2v) is 7.51. The second-order valence-electron chi connectivity index (χ2n) is 7.51. The van der Waals surface area contributed by atoms with Crippen LogP contribution in [0.15, 0.2) is 61.4 Å². The van der Waals surface area contributed by atoms with Crippen LogP contribution in [0.3, 0.4) is 0 Å². The van der Waals surface area contributed by atoms with Crippen LogP contribution in [0.5, 0.6) is 0 Å². The van der Waals surface area contributed by atoms with Crippen LogP contribution in [-0.2, 0) is 16.0 Å². The van der Waals surface area contributed by atoms with Gasteiger partial charge < -0.3 is 9.80 Å². The Balaban J connectivity index is 1.83. The SMILES string of the molecule is C=CCN1CCN(C(=O)CCC)C[C@H](Cc2cccc(-c3cccnc3)c2)C1=O. The van der Waals surface area contributed by atoms with Crippen LogP contribution in [0.2, 0.25) is 0 Å². The van der Waals surface area contributed by atoms with Gasteiger partial charge in [0.1, 0.15) is 0 Å². The molecule has 5 nitrogen and oxygen atoms in total. The first-order chi connectivity index (χ1) is 14.1. The lowest BCUT2D eigenvalue weighted by Gasteiger charge is -2.23. The van der Waals surface area contributed by atoms with E-state index < -0.39 is 0 Å². The summed E-state index contributed by atoms with van der Waals surface area (Å²) in [5, 5.41) is 0. The first kappa shape index (κ1) is 20.8. The van der Waals surface area contributed by atoms with Crippen molar-refractivity contribution in [3.05, 3.63) is 67.0 Å². The number of carbonyl (C=O) groups excluding carboxylic acids is 2. The average Bonchev–Trinajstić information content (AvgIpc) is 2.89. The van der Waals surface area contributed by atoms with Gasteiger partial charge in [0.25, 0.3) is 0 Å². The summed E-state index contributed by atoms with van der Waals surface area (Å²) in [5.74, 6) is -0.0132. The minimum Gasteiger partial charge on any atom is -0.340 e. The predicted octanol–water partition coefficient (Wildman–Crippen LogP) is 3.56. The molecule has 1 aromatic carbocycles. The van der Waals surface area contributed by atoms with Crippen LogP contribution >= 0.6 is 0 Å². The lowest BCUT2D eigenvalue weighted by molar-refractivity contribution is -0.134. The molecular weight excluding hydrogens is 362 g/mol. The molecule has 2 aromatic rings. The zero-order valence-electron chi connectivity index (χ0n) is 17.1. The van der Waals surface area contributed by atoms with Gasteiger partial charge in [0.2, 0.25) is 11.8 Å². The Hall–Kier alpha value is -2.95. The summed E-state index contributed by atoms with van der Waals surface area (Å²) in [6.07, 6.45) is 7.30. The van der Waals surface area contributed by atoms with E-state index in [1.165, 1.54) is 0 Å². The Morgan fingerprint density at radius 2 is 2.07 bits per heavy atom. The number of rotatable bonds is 7. The van der Waals surface area contributed by atoms with Gasteiger partial charge in [-0.25, -0.2) is 0 Å². The van der Waals surface area contributed by atoms with Crippen molar-refractivity contribution in [2.45, 2.75) is 26.2 Å². The Morgan fingerprint density at radius 3 is 2.79 bits per heavy atom. The summed E-state index contributed by atoms with van der Waals surface area (Å²) in [4.78, 5) is 33.6. The fourth-order valence-electron chi connectivity index (χ4n) is 3.83. The van der Waals surface area contributed by atoms with Gasteiger partial charge in [-0.2, -0.15) is 0 Å². The van der Waals surface area contributed by atoms with E-state index in [-0.39, 0.29) is 17.7 Å². The van der Waals surface area contributed by atoms with Crippen LogP contribution in [0.4, 0.5) is 0 Å². The van der Waals surface area contributed by atoms with Crippen LogP contribution < -0.4 is 0 Å². The third-order valence-corrected chi connectivity index (χ3v) is 5.31. The molecule has 1 atom stereocenters. The summed E-state index contributed by atoms with van der Waals surface area (Å²) >= 11 is 0. The molecule has 1 aliphatic heterocycles. The lowest BCUT2D eigenvalue weighted by atomic mass is 9.95. The van der Waals surface area contributed by atoms with Crippen molar-refractivity contribution in [3.8, 4) is 11.1 Å². The smallest absolute Gasteiger partial charge is 0.228 e. The fourth-order valence-corrected chi connectivity index (χ4v) is 3.83. The monoisotopic (exact) mass is 391 g/mol. The molecule has 1 fully saturated rings. The van der Waals surface area contributed by atoms with Crippen molar-refractivity contribution in [2.24, 2.45) is 5.92 Å². The van der Waals surface area contributed by atoms with E-state index in [1.54, 1.807) is 12.3 Å². The molecule has 1 aromatic heterocycles. The number of hydrogen-bond donors (Lipinski definition) is 0. The molecule has 0 unspecified atom stereocenters. The van der Waals surface area contributed by atoms with E-state index in [1.807, 2.05) is 47.2 Å². The molecule has 0 bridgehead atoms. The molecule has 0 N–H and O–H groups in total. The number of hydrogen-bond acceptors (Lipinski definition) is 3. The van der Waals surface area contributed by atoms with E-state index in [0.717, 1.165) is 23.1 Å². The highest BCUT2D eigenvalue weighted by Gasteiger charge is 2.31. The lowest BCUT2D eigenvalue weighted by Crippen LogP contribution is -2.38. The van der Waals surface area contributed by atoms with E-state index in [2.05, 4.69) is 23.7 Å². The standard InChI is InChI=1S/C24H29N3O2/c1-3-7-23(28)27-14-13-26(12-4-2)24(29)22(18-27)16-19-8-5-9-20(15-19)21-10-6-11-25-17-21/h4-6,8-11,15,17,22H,2-3,7,12-14,16,18H2,1H3/t22-/m0/s1. The highest BCUT2D eigenvalue weighted by molar-refractivity contribution is 5.82. The molecule has 3 rings (SSSR count). The Morgan fingerprint density at radius 1 is 1.24 bits per heavy atom. The summed E-state index contributed by atoms with van der Waals surface area (Å²) in [7, 11) is 0. The minimum absolute atomic E-state index is 0.100. The van der Waals surface area contributed by atoms with Crippen LogP contribution in [0.25, 0.3) is 11.1 Å². The maximum atomic E-state index is 13.2. The van der Waals surface area contributed by atoms with E-state index in [9.17, 15) is 9.59 Å². The van der Waals surface area contributed by atoms with Gasteiger partial charge in [0.05, 0.1) is 5.92 Å². The molecule has 0 saturated carbocycles. The Kier molecular flexibility index (Phi) is 7.17. The maximum absolute atomic E-state index is 13.2. The Labute approximate surface area is 173 Å². The highest BCUT2D eigenvalue weighted by atomic mass is 16.2. The van der Waals surface area contributed by atoms with Crippen molar-refractivity contribution < 1.29 is 9.59 Å². The molecule has 2 amide bonds. The topological polar surface area (TPSA) is 53.5 Å². The van der Waals surface area contributed by atoms with Gasteiger partial charge in [-0.05, 0) is 35.6 Å². The summed E-state index contributed by atoms with van der Waals surface area (Å²) in [5.41, 5.74) is 3.22.